The molecule has 0 N–H and O–H groups in total. The predicted octanol–water partition coefficient (Wildman–Crippen LogP) is 5.26. The molecule has 4 aromatic rings. The van der Waals surface area contributed by atoms with E-state index >= 15 is 0 Å². The highest BCUT2D eigenvalue weighted by Crippen LogP contribution is 2.32. The number of aryl methyl sites for hydroxylation is 1. The van der Waals surface area contributed by atoms with Gasteiger partial charge in [-0.1, -0.05) is 37.3 Å². The van der Waals surface area contributed by atoms with Crippen molar-refractivity contribution in [1.29, 1.82) is 0 Å². The van der Waals surface area contributed by atoms with Gasteiger partial charge in [-0.2, -0.15) is 17.9 Å². The Labute approximate surface area is 228 Å². The number of carbonyl (C=O) groups excluding carboxylic acids is 1. The van der Waals surface area contributed by atoms with Gasteiger partial charge in [0.2, 0.25) is 0 Å². The Morgan fingerprint density at radius 3 is 2.33 bits per heavy atom. The zero-order valence-electron chi connectivity index (χ0n) is 22.1. The summed E-state index contributed by atoms with van der Waals surface area (Å²) in [5.41, 5.74) is 0.306. The first-order valence-electron chi connectivity index (χ1n) is 12.6. The van der Waals surface area contributed by atoms with Crippen LogP contribution >= 0.6 is 0 Å². The molecule has 0 saturated heterocycles. The number of alkyl halides is 3. The smallest absolute Gasteiger partial charge is 0.416 e. The van der Waals surface area contributed by atoms with E-state index in [4.69, 9.17) is 14.2 Å². The molecular weight excluding hydrogens is 527 g/mol. The number of nitrogens with zero attached hydrogens (tertiary/aromatic N) is 3. The SMILES string of the molecule is CCOC(=O)COc1ccc(OC(c2ccccc2)c2nn(-c3ccc(C(F)(F)F)cc3)c(=O)n2C)cc1CC. The molecule has 0 radical (unpaired) electrons. The molecule has 40 heavy (non-hydrogen) atoms. The molecule has 0 saturated carbocycles. The first-order valence-corrected chi connectivity index (χ1v) is 12.6. The van der Waals surface area contributed by atoms with Gasteiger partial charge in [-0.3, -0.25) is 4.57 Å². The molecule has 11 heteroatoms. The molecule has 1 heterocycles. The van der Waals surface area contributed by atoms with Crippen molar-refractivity contribution in [3.8, 4) is 17.2 Å². The summed E-state index contributed by atoms with van der Waals surface area (Å²) >= 11 is 0. The third kappa shape index (κ3) is 6.36. The van der Waals surface area contributed by atoms with Crippen molar-refractivity contribution in [2.45, 2.75) is 32.5 Å². The van der Waals surface area contributed by atoms with Gasteiger partial charge in [-0.05, 0) is 61.4 Å². The average Bonchev–Trinajstić information content (AvgIpc) is 3.24. The van der Waals surface area contributed by atoms with Crippen molar-refractivity contribution < 1.29 is 32.2 Å². The van der Waals surface area contributed by atoms with Crippen molar-refractivity contribution in [2.24, 2.45) is 7.05 Å². The first-order chi connectivity index (χ1) is 19.1. The predicted molar refractivity (Wildman–Crippen MR) is 141 cm³/mol. The number of aromatic nitrogens is 3. The van der Waals surface area contributed by atoms with E-state index in [1.165, 1.54) is 23.7 Å². The highest BCUT2D eigenvalue weighted by atomic mass is 19.4. The topological polar surface area (TPSA) is 84.6 Å². The number of carbonyl (C=O) groups is 1. The van der Waals surface area contributed by atoms with Crippen molar-refractivity contribution in [3.63, 3.8) is 0 Å². The van der Waals surface area contributed by atoms with Crippen molar-refractivity contribution in [1.82, 2.24) is 14.3 Å². The number of rotatable bonds is 10. The lowest BCUT2D eigenvalue weighted by Crippen LogP contribution is -2.23. The third-order valence-electron chi connectivity index (χ3n) is 6.11. The standard InChI is InChI=1S/C29H28F3N3O5/c1-4-19-17-23(15-16-24(19)39-18-25(36)38-5-2)40-26(20-9-7-6-8-10-20)27-33-35(28(37)34(27)3)22-13-11-21(12-14-22)29(30,31)32/h6-17,26H,4-5,18H2,1-3H3. The lowest BCUT2D eigenvalue weighted by molar-refractivity contribution is -0.145. The summed E-state index contributed by atoms with van der Waals surface area (Å²) in [6, 6.07) is 18.5. The molecule has 0 fully saturated rings. The average molecular weight is 556 g/mol. The van der Waals surface area contributed by atoms with Crippen molar-refractivity contribution >= 4 is 5.97 Å². The Kier molecular flexibility index (Phi) is 8.61. The highest BCUT2D eigenvalue weighted by Gasteiger charge is 2.30. The lowest BCUT2D eigenvalue weighted by Gasteiger charge is -2.20. The summed E-state index contributed by atoms with van der Waals surface area (Å²) in [5, 5.41) is 4.46. The van der Waals surface area contributed by atoms with Gasteiger partial charge in [0, 0.05) is 12.6 Å². The zero-order valence-corrected chi connectivity index (χ0v) is 22.1. The molecular formula is C29H28F3N3O5. The summed E-state index contributed by atoms with van der Waals surface area (Å²) in [5.74, 6) is 0.749. The van der Waals surface area contributed by atoms with Crippen LogP contribution in [0, 0.1) is 0 Å². The fourth-order valence-corrected chi connectivity index (χ4v) is 4.06. The fourth-order valence-electron chi connectivity index (χ4n) is 4.06. The van der Waals surface area contributed by atoms with E-state index < -0.39 is 29.5 Å². The van der Waals surface area contributed by atoms with E-state index in [2.05, 4.69) is 5.10 Å². The van der Waals surface area contributed by atoms with Crippen LogP contribution in [0.4, 0.5) is 13.2 Å². The van der Waals surface area contributed by atoms with E-state index in [9.17, 15) is 22.8 Å². The molecule has 210 valence electrons. The highest BCUT2D eigenvalue weighted by molar-refractivity contribution is 5.71. The molecule has 1 unspecified atom stereocenters. The second-order valence-corrected chi connectivity index (χ2v) is 8.78. The van der Waals surface area contributed by atoms with E-state index in [0.717, 1.165) is 22.4 Å². The maximum absolute atomic E-state index is 13.1. The Morgan fingerprint density at radius 2 is 1.70 bits per heavy atom. The summed E-state index contributed by atoms with van der Waals surface area (Å²) in [4.78, 5) is 24.8. The maximum Gasteiger partial charge on any atom is 0.416 e. The van der Waals surface area contributed by atoms with Crippen LogP contribution in [0.15, 0.2) is 77.6 Å². The summed E-state index contributed by atoms with van der Waals surface area (Å²) in [6.45, 7) is 3.68. The maximum atomic E-state index is 13.1. The molecule has 8 nitrogen and oxygen atoms in total. The number of hydrogen-bond acceptors (Lipinski definition) is 6. The van der Waals surface area contributed by atoms with Crippen LogP contribution < -0.4 is 15.2 Å². The van der Waals surface area contributed by atoms with Gasteiger partial charge in [0.05, 0.1) is 17.9 Å². The molecule has 0 spiro atoms. The van der Waals surface area contributed by atoms with Gasteiger partial charge in [0.25, 0.3) is 0 Å². The number of benzene rings is 3. The Balaban J connectivity index is 1.68. The summed E-state index contributed by atoms with van der Waals surface area (Å²) < 4.78 is 58.3. The van der Waals surface area contributed by atoms with Gasteiger partial charge < -0.3 is 14.2 Å². The molecule has 0 aliphatic carbocycles. The quantitative estimate of drug-likeness (QED) is 0.248. The number of hydrogen-bond donors (Lipinski definition) is 0. The van der Waals surface area contributed by atoms with Crippen LogP contribution in [0.2, 0.25) is 0 Å². The minimum atomic E-state index is -4.50. The zero-order chi connectivity index (χ0) is 28.9. The van der Waals surface area contributed by atoms with Gasteiger partial charge in [-0.25, -0.2) is 9.59 Å². The number of ether oxygens (including phenoxy) is 3. The van der Waals surface area contributed by atoms with Crippen LogP contribution in [0.25, 0.3) is 5.69 Å². The van der Waals surface area contributed by atoms with Crippen LogP contribution in [-0.2, 0) is 29.2 Å². The van der Waals surface area contributed by atoms with Crippen molar-refractivity contribution in [2.75, 3.05) is 13.2 Å². The summed E-state index contributed by atoms with van der Waals surface area (Å²) in [7, 11) is 1.52. The van der Waals surface area contributed by atoms with Gasteiger partial charge in [0.15, 0.2) is 18.5 Å². The van der Waals surface area contributed by atoms with Crippen LogP contribution in [0.3, 0.4) is 0 Å². The Hall–Kier alpha value is -4.54. The lowest BCUT2D eigenvalue weighted by atomic mass is 10.1. The molecule has 4 rings (SSSR count). The third-order valence-corrected chi connectivity index (χ3v) is 6.11. The minimum Gasteiger partial charge on any atom is -0.482 e. The van der Waals surface area contributed by atoms with Gasteiger partial charge in [0.1, 0.15) is 11.5 Å². The molecule has 1 aromatic heterocycles. The fraction of sp³-hybridized carbons (Fsp3) is 0.276. The van der Waals surface area contributed by atoms with Crippen LogP contribution in [-0.4, -0.2) is 33.5 Å². The molecule has 0 aliphatic rings. The second kappa shape index (κ2) is 12.1. The number of esters is 1. The monoisotopic (exact) mass is 555 g/mol. The number of halogens is 3. The van der Waals surface area contributed by atoms with Gasteiger partial charge in [-0.15, -0.1) is 5.10 Å². The molecule has 0 aliphatic heterocycles. The molecule has 0 amide bonds. The van der Waals surface area contributed by atoms with Gasteiger partial charge >= 0.3 is 17.8 Å². The molecule has 1 atom stereocenters. The van der Waals surface area contributed by atoms with Crippen LogP contribution in [0.1, 0.15) is 42.5 Å². The minimum absolute atomic E-state index is 0.183. The second-order valence-electron chi connectivity index (χ2n) is 8.78. The van der Waals surface area contributed by atoms with Crippen molar-refractivity contribution in [3.05, 3.63) is 106 Å². The normalized spacial score (nSPS) is 12.2. The summed E-state index contributed by atoms with van der Waals surface area (Å²) in [6.07, 6.45) is -4.74. The van der Waals surface area contributed by atoms with E-state index in [1.54, 1.807) is 25.1 Å². The Morgan fingerprint density at radius 1 is 1.00 bits per heavy atom. The van der Waals surface area contributed by atoms with E-state index in [0.29, 0.717) is 23.5 Å². The van der Waals surface area contributed by atoms with E-state index in [-0.39, 0.29) is 24.7 Å². The van der Waals surface area contributed by atoms with E-state index in [1.807, 2.05) is 37.3 Å². The first kappa shape index (κ1) is 28.5. The van der Waals surface area contributed by atoms with Crippen LogP contribution in [0.5, 0.6) is 11.5 Å². The largest absolute Gasteiger partial charge is 0.482 e. The molecule has 0 bridgehead atoms. The molecule has 3 aromatic carbocycles. The Bertz CT molecular complexity index is 1510.